The van der Waals surface area contributed by atoms with Crippen molar-refractivity contribution in [2.45, 2.75) is 25.3 Å². The third-order valence-corrected chi connectivity index (χ3v) is 3.03. The van der Waals surface area contributed by atoms with E-state index < -0.39 is 11.8 Å². The maximum atomic E-state index is 13.0. The van der Waals surface area contributed by atoms with Crippen LogP contribution < -0.4 is 4.74 Å². The number of carboxylic acids is 1. The first-order valence-electron chi connectivity index (χ1n) is 6.46. The van der Waals surface area contributed by atoms with Gasteiger partial charge in [-0.05, 0) is 25.0 Å². The van der Waals surface area contributed by atoms with Crippen molar-refractivity contribution >= 4 is 11.9 Å². The van der Waals surface area contributed by atoms with Gasteiger partial charge in [0.15, 0.2) is 6.61 Å². The quantitative estimate of drug-likeness (QED) is 0.825. The molecule has 20 heavy (non-hydrogen) atoms. The van der Waals surface area contributed by atoms with Crippen molar-refractivity contribution in [3.05, 3.63) is 30.1 Å². The van der Waals surface area contributed by atoms with Crippen molar-refractivity contribution < 1.29 is 23.8 Å². The number of aliphatic carboxylic acids is 1. The molecule has 0 atom stereocenters. The van der Waals surface area contributed by atoms with Crippen LogP contribution >= 0.6 is 0 Å². The third-order valence-electron chi connectivity index (χ3n) is 3.03. The standard InChI is InChI=1S/C14H16FNO4/c15-10-2-1-3-12(8-10)20-9-13(17)16(11-4-5-11)7-6-14(18)19/h1-3,8,11H,4-7,9H2,(H,18,19). The summed E-state index contributed by atoms with van der Waals surface area (Å²) in [4.78, 5) is 24.1. The van der Waals surface area contributed by atoms with E-state index in [1.165, 1.54) is 23.1 Å². The van der Waals surface area contributed by atoms with Crippen molar-refractivity contribution in [1.82, 2.24) is 4.90 Å². The molecule has 0 saturated heterocycles. The smallest absolute Gasteiger partial charge is 0.305 e. The van der Waals surface area contributed by atoms with Crippen LogP contribution in [0.3, 0.4) is 0 Å². The predicted octanol–water partition coefficient (Wildman–Crippen LogP) is 1.67. The molecule has 1 N–H and O–H groups in total. The van der Waals surface area contributed by atoms with Crippen molar-refractivity contribution in [3.8, 4) is 5.75 Å². The zero-order chi connectivity index (χ0) is 14.5. The van der Waals surface area contributed by atoms with E-state index in [0.29, 0.717) is 0 Å². The molecule has 1 saturated carbocycles. The average Bonchev–Trinajstić information content (AvgIpc) is 3.21. The Morgan fingerprint density at radius 3 is 2.75 bits per heavy atom. The average molecular weight is 281 g/mol. The minimum absolute atomic E-state index is 0.0811. The lowest BCUT2D eigenvalue weighted by molar-refractivity contribution is -0.139. The lowest BCUT2D eigenvalue weighted by Crippen LogP contribution is -2.38. The lowest BCUT2D eigenvalue weighted by atomic mass is 10.3. The number of carbonyl (C=O) groups is 2. The summed E-state index contributed by atoms with van der Waals surface area (Å²) in [5, 5.41) is 8.67. The van der Waals surface area contributed by atoms with Gasteiger partial charge in [0.2, 0.25) is 0 Å². The molecule has 1 aliphatic carbocycles. The van der Waals surface area contributed by atoms with Crippen LogP contribution in [-0.4, -0.2) is 41.1 Å². The Labute approximate surface area is 116 Å². The SMILES string of the molecule is O=C(O)CCN(C(=O)COc1cccc(F)c1)C1CC1. The van der Waals surface area contributed by atoms with E-state index in [9.17, 15) is 14.0 Å². The summed E-state index contributed by atoms with van der Waals surface area (Å²) in [6, 6.07) is 5.68. The fourth-order valence-electron chi connectivity index (χ4n) is 1.90. The summed E-state index contributed by atoms with van der Waals surface area (Å²) in [6.45, 7) is -0.0229. The van der Waals surface area contributed by atoms with Crippen molar-refractivity contribution in [3.63, 3.8) is 0 Å². The molecule has 0 bridgehead atoms. The van der Waals surface area contributed by atoms with Gasteiger partial charge in [0.1, 0.15) is 11.6 Å². The number of carboxylic acid groups (broad SMARTS) is 1. The summed E-state index contributed by atoms with van der Waals surface area (Å²) in [7, 11) is 0. The van der Waals surface area contributed by atoms with Crippen LogP contribution in [0.5, 0.6) is 5.75 Å². The number of hydrogen-bond acceptors (Lipinski definition) is 3. The Kier molecular flexibility index (Phi) is 4.55. The molecule has 1 aliphatic rings. The highest BCUT2D eigenvalue weighted by molar-refractivity contribution is 5.79. The van der Waals surface area contributed by atoms with Gasteiger partial charge in [-0.15, -0.1) is 0 Å². The van der Waals surface area contributed by atoms with E-state index in [4.69, 9.17) is 9.84 Å². The predicted molar refractivity (Wildman–Crippen MR) is 68.9 cm³/mol. The van der Waals surface area contributed by atoms with Gasteiger partial charge in [-0.2, -0.15) is 0 Å². The third kappa shape index (κ3) is 4.22. The Morgan fingerprint density at radius 1 is 1.40 bits per heavy atom. The highest BCUT2D eigenvalue weighted by atomic mass is 19.1. The second kappa shape index (κ2) is 6.36. The Bertz CT molecular complexity index is 502. The first-order chi connectivity index (χ1) is 9.56. The van der Waals surface area contributed by atoms with Gasteiger partial charge in [-0.3, -0.25) is 9.59 Å². The molecule has 1 aromatic rings. The number of halogens is 1. The van der Waals surface area contributed by atoms with Crippen molar-refractivity contribution in [1.29, 1.82) is 0 Å². The Balaban J connectivity index is 1.86. The van der Waals surface area contributed by atoms with Crippen LogP contribution in [0.2, 0.25) is 0 Å². The summed E-state index contributed by atoms with van der Waals surface area (Å²) in [5.41, 5.74) is 0. The first-order valence-corrected chi connectivity index (χ1v) is 6.46. The van der Waals surface area contributed by atoms with Crippen LogP contribution in [0.25, 0.3) is 0 Å². The number of ether oxygens (including phenoxy) is 1. The minimum atomic E-state index is -0.936. The van der Waals surface area contributed by atoms with Gasteiger partial charge in [0.05, 0.1) is 6.42 Å². The molecule has 0 radical (unpaired) electrons. The Morgan fingerprint density at radius 2 is 2.15 bits per heavy atom. The van der Waals surface area contributed by atoms with Crippen LogP contribution in [0, 0.1) is 5.82 Å². The second-order valence-corrected chi connectivity index (χ2v) is 4.71. The monoisotopic (exact) mass is 281 g/mol. The highest BCUT2D eigenvalue weighted by Gasteiger charge is 2.32. The van der Waals surface area contributed by atoms with E-state index in [1.807, 2.05) is 0 Å². The molecule has 108 valence electrons. The molecule has 0 aromatic heterocycles. The molecule has 1 amide bonds. The summed E-state index contributed by atoms with van der Waals surface area (Å²) in [5.74, 6) is -1.35. The number of hydrogen-bond donors (Lipinski definition) is 1. The van der Waals surface area contributed by atoms with Crippen LogP contribution in [0.15, 0.2) is 24.3 Å². The van der Waals surface area contributed by atoms with Crippen LogP contribution in [-0.2, 0) is 9.59 Å². The fourth-order valence-corrected chi connectivity index (χ4v) is 1.90. The molecule has 2 rings (SSSR count). The van der Waals surface area contributed by atoms with Crippen molar-refractivity contribution in [2.24, 2.45) is 0 Å². The topological polar surface area (TPSA) is 66.8 Å². The Hall–Kier alpha value is -2.11. The molecule has 0 spiro atoms. The molecule has 6 heteroatoms. The molecule has 0 heterocycles. The van der Waals surface area contributed by atoms with Crippen LogP contribution in [0.4, 0.5) is 4.39 Å². The normalized spacial score (nSPS) is 13.8. The highest BCUT2D eigenvalue weighted by Crippen LogP contribution is 2.27. The van der Waals surface area contributed by atoms with E-state index in [1.54, 1.807) is 6.07 Å². The van der Waals surface area contributed by atoms with Crippen molar-refractivity contribution in [2.75, 3.05) is 13.2 Å². The van der Waals surface area contributed by atoms with E-state index in [2.05, 4.69) is 0 Å². The summed E-state index contributed by atoms with van der Waals surface area (Å²) < 4.78 is 18.2. The zero-order valence-corrected chi connectivity index (χ0v) is 10.9. The van der Waals surface area contributed by atoms with Gasteiger partial charge >= 0.3 is 5.97 Å². The maximum Gasteiger partial charge on any atom is 0.305 e. The molecule has 1 fully saturated rings. The number of nitrogens with zero attached hydrogens (tertiary/aromatic N) is 1. The van der Waals surface area contributed by atoms with Gasteiger partial charge in [-0.1, -0.05) is 6.07 Å². The van der Waals surface area contributed by atoms with E-state index >= 15 is 0 Å². The molecular formula is C14H16FNO4. The fraction of sp³-hybridized carbons (Fsp3) is 0.429. The molecule has 0 aliphatic heterocycles. The van der Waals surface area contributed by atoms with Gasteiger partial charge in [0.25, 0.3) is 5.91 Å². The largest absolute Gasteiger partial charge is 0.484 e. The van der Waals surface area contributed by atoms with Gasteiger partial charge < -0.3 is 14.7 Å². The molecule has 5 nitrogen and oxygen atoms in total. The first kappa shape index (κ1) is 14.3. The molecule has 1 aromatic carbocycles. The zero-order valence-electron chi connectivity index (χ0n) is 10.9. The van der Waals surface area contributed by atoms with E-state index in [-0.39, 0.29) is 37.3 Å². The molecule has 0 unspecified atom stereocenters. The number of benzene rings is 1. The number of carbonyl (C=O) groups excluding carboxylic acids is 1. The number of rotatable bonds is 7. The van der Waals surface area contributed by atoms with Gasteiger partial charge in [-0.25, -0.2) is 4.39 Å². The molecular weight excluding hydrogens is 265 g/mol. The minimum Gasteiger partial charge on any atom is -0.484 e. The van der Waals surface area contributed by atoms with E-state index in [0.717, 1.165) is 12.8 Å². The van der Waals surface area contributed by atoms with Crippen LogP contribution in [0.1, 0.15) is 19.3 Å². The number of amides is 1. The lowest BCUT2D eigenvalue weighted by Gasteiger charge is -2.21. The van der Waals surface area contributed by atoms with Gasteiger partial charge in [0, 0.05) is 18.7 Å². The summed E-state index contributed by atoms with van der Waals surface area (Å²) in [6.07, 6.45) is 1.71. The maximum absolute atomic E-state index is 13.0. The summed E-state index contributed by atoms with van der Waals surface area (Å²) >= 11 is 0. The second-order valence-electron chi connectivity index (χ2n) is 4.71.